The first-order valence-corrected chi connectivity index (χ1v) is 6.23. The van der Waals surface area contributed by atoms with E-state index in [1.54, 1.807) is 0 Å². The third-order valence-electron chi connectivity index (χ3n) is 1.50. The molecule has 6 heteroatoms. The quantitative estimate of drug-likeness (QED) is 0.418. The smallest absolute Gasteiger partial charge is 0.302 e. The molecule has 4 nitrogen and oxygen atoms in total. The van der Waals surface area contributed by atoms with Crippen molar-refractivity contribution in [3.63, 3.8) is 0 Å². The number of hydrogen-bond donors (Lipinski definition) is 1. The first-order valence-electron chi connectivity index (χ1n) is 4.74. The Bertz CT molecular complexity index is 151. The van der Waals surface area contributed by atoms with Crippen LogP contribution >= 0.6 is 7.82 Å². The normalized spacial score (nSPS) is 11.1. The minimum absolute atomic E-state index is 0. The first-order chi connectivity index (χ1) is 6.12. The van der Waals surface area contributed by atoms with E-state index >= 15 is 0 Å². The average Bonchev–Trinajstić information content (AvgIpc) is 2.05. The molecule has 0 atom stereocenters. The van der Waals surface area contributed by atoms with Crippen LogP contribution in [0.5, 0.6) is 0 Å². The average molecular weight is 269 g/mol. The minimum atomic E-state index is -3.75. The summed E-state index contributed by atoms with van der Waals surface area (Å²) in [4.78, 5) is 9.08. The fraction of sp³-hybridized carbons (Fsp3) is 1.00. The Morgan fingerprint density at radius 3 is 1.71 bits per heavy atom. The Balaban J connectivity index is 0. The van der Waals surface area contributed by atoms with Gasteiger partial charge < -0.3 is 4.89 Å². The van der Waals surface area contributed by atoms with E-state index in [4.69, 9.17) is 13.9 Å². The third-order valence-corrected chi connectivity index (χ3v) is 2.52. The summed E-state index contributed by atoms with van der Waals surface area (Å²) in [6.45, 7) is 4.56. The second kappa shape index (κ2) is 10.1. The van der Waals surface area contributed by atoms with Crippen LogP contribution in [0.25, 0.3) is 0 Å². The summed E-state index contributed by atoms with van der Waals surface area (Å²) in [6, 6.07) is 0. The fourth-order valence-electron chi connectivity index (χ4n) is 0.686. The molecule has 0 spiro atoms. The van der Waals surface area contributed by atoms with Gasteiger partial charge in [0.1, 0.15) is 0 Å². The van der Waals surface area contributed by atoms with Gasteiger partial charge in [0.2, 0.25) is 0 Å². The molecule has 0 aliphatic heterocycles. The van der Waals surface area contributed by atoms with Gasteiger partial charge in [0.15, 0.2) is 0 Å². The van der Waals surface area contributed by atoms with Crippen LogP contribution in [-0.2, 0) is 30.1 Å². The van der Waals surface area contributed by atoms with E-state index in [9.17, 15) is 4.57 Å². The first kappa shape index (κ1) is 17.0. The summed E-state index contributed by atoms with van der Waals surface area (Å²) >= 11 is 0. The number of phosphoric acid groups is 1. The molecule has 0 aromatic rings. The molecular weight excluding hydrogens is 250 g/mol. The molecule has 0 aliphatic carbocycles. The van der Waals surface area contributed by atoms with E-state index in [2.05, 4.69) is 0 Å². The minimum Gasteiger partial charge on any atom is -0.302 e. The van der Waals surface area contributed by atoms with Crippen LogP contribution in [0, 0.1) is 0 Å². The van der Waals surface area contributed by atoms with Crippen LogP contribution in [-0.4, -0.2) is 18.1 Å². The summed E-state index contributed by atoms with van der Waals surface area (Å²) in [5, 5.41) is 0. The topological polar surface area (TPSA) is 55.8 Å². The molecule has 0 fully saturated rings. The second-order valence-electron chi connectivity index (χ2n) is 2.84. The van der Waals surface area contributed by atoms with E-state index in [-0.39, 0.29) is 29.7 Å². The molecule has 0 aliphatic rings. The van der Waals surface area contributed by atoms with Crippen molar-refractivity contribution in [1.82, 2.24) is 0 Å². The molecule has 0 radical (unpaired) electrons. The Morgan fingerprint density at radius 2 is 1.43 bits per heavy atom. The van der Waals surface area contributed by atoms with Crippen LogP contribution in [0.15, 0.2) is 0 Å². The molecule has 0 aromatic heterocycles. The third kappa shape index (κ3) is 10.7. The van der Waals surface area contributed by atoms with Crippen LogP contribution in [0.1, 0.15) is 39.5 Å². The van der Waals surface area contributed by atoms with Gasteiger partial charge in [0, 0.05) is 16.5 Å². The molecule has 0 aromatic carbocycles. The number of rotatable bonds is 8. The van der Waals surface area contributed by atoms with Gasteiger partial charge >= 0.3 is 7.82 Å². The SMILES string of the molecule is CCCCOP(=O)(O)OCCCC.[Ni]. The van der Waals surface area contributed by atoms with Crippen LogP contribution in [0.4, 0.5) is 0 Å². The van der Waals surface area contributed by atoms with Crippen LogP contribution < -0.4 is 0 Å². The van der Waals surface area contributed by atoms with Crippen molar-refractivity contribution < 1.29 is 35.0 Å². The molecule has 0 rings (SSSR count). The van der Waals surface area contributed by atoms with Gasteiger partial charge in [0.05, 0.1) is 13.2 Å². The zero-order chi connectivity index (χ0) is 10.2. The number of unbranched alkanes of at least 4 members (excludes halogenated alkanes) is 2. The summed E-state index contributed by atoms with van der Waals surface area (Å²) in [7, 11) is -3.75. The van der Waals surface area contributed by atoms with Crippen molar-refractivity contribution >= 4 is 7.82 Å². The number of hydrogen-bond acceptors (Lipinski definition) is 3. The van der Waals surface area contributed by atoms with Gasteiger partial charge in [-0.3, -0.25) is 9.05 Å². The van der Waals surface area contributed by atoms with E-state index in [1.165, 1.54) is 0 Å². The molecule has 0 unspecified atom stereocenters. The van der Waals surface area contributed by atoms with Crippen molar-refractivity contribution in [2.75, 3.05) is 13.2 Å². The summed E-state index contributed by atoms with van der Waals surface area (Å²) in [5.74, 6) is 0. The van der Waals surface area contributed by atoms with Gasteiger partial charge in [-0.1, -0.05) is 26.7 Å². The van der Waals surface area contributed by atoms with E-state index in [0.717, 1.165) is 25.7 Å². The van der Waals surface area contributed by atoms with Gasteiger partial charge in [0.25, 0.3) is 0 Å². The summed E-state index contributed by atoms with van der Waals surface area (Å²) < 4.78 is 20.5. The van der Waals surface area contributed by atoms with Gasteiger partial charge in [-0.05, 0) is 12.8 Å². The predicted molar refractivity (Wildman–Crippen MR) is 51.5 cm³/mol. The maximum atomic E-state index is 11.1. The molecular formula is C8H19NiO4P. The molecule has 0 saturated carbocycles. The fourth-order valence-corrected chi connectivity index (χ4v) is 1.48. The zero-order valence-electron chi connectivity index (χ0n) is 8.68. The van der Waals surface area contributed by atoms with Gasteiger partial charge in [-0.2, -0.15) is 0 Å². The van der Waals surface area contributed by atoms with Crippen molar-refractivity contribution in [3.05, 3.63) is 0 Å². The van der Waals surface area contributed by atoms with E-state index in [0.29, 0.717) is 0 Å². The van der Waals surface area contributed by atoms with E-state index < -0.39 is 7.82 Å². The maximum Gasteiger partial charge on any atom is 0.472 e. The Labute approximate surface area is 95.9 Å². The molecule has 0 heterocycles. The predicted octanol–water partition coefficient (Wildman–Crippen LogP) is 2.72. The summed E-state index contributed by atoms with van der Waals surface area (Å²) in [5.41, 5.74) is 0. The Kier molecular flexibility index (Phi) is 12.3. The Hall–Kier alpha value is 0.604. The van der Waals surface area contributed by atoms with Gasteiger partial charge in [-0.15, -0.1) is 0 Å². The van der Waals surface area contributed by atoms with Gasteiger partial charge in [-0.25, -0.2) is 4.57 Å². The molecule has 0 saturated heterocycles. The second-order valence-corrected chi connectivity index (χ2v) is 4.30. The van der Waals surface area contributed by atoms with Crippen LogP contribution in [0.2, 0.25) is 0 Å². The Morgan fingerprint density at radius 1 is 1.07 bits per heavy atom. The van der Waals surface area contributed by atoms with Crippen molar-refractivity contribution in [3.8, 4) is 0 Å². The van der Waals surface area contributed by atoms with Crippen LogP contribution in [0.3, 0.4) is 0 Å². The summed E-state index contributed by atoms with van der Waals surface area (Å²) in [6.07, 6.45) is 3.44. The largest absolute Gasteiger partial charge is 0.472 e. The molecule has 0 bridgehead atoms. The monoisotopic (exact) mass is 268 g/mol. The number of phosphoric ester groups is 1. The zero-order valence-corrected chi connectivity index (χ0v) is 10.6. The molecule has 1 N–H and O–H groups in total. The van der Waals surface area contributed by atoms with E-state index in [1.807, 2.05) is 13.8 Å². The standard InChI is InChI=1S/C8H19O4P.Ni/c1-3-5-7-11-13(9,10)12-8-6-4-2;/h3-8H2,1-2H3,(H,9,10);. The molecule has 90 valence electrons. The van der Waals surface area contributed by atoms with Crippen molar-refractivity contribution in [2.24, 2.45) is 0 Å². The van der Waals surface area contributed by atoms with Crippen molar-refractivity contribution in [2.45, 2.75) is 39.5 Å². The maximum absolute atomic E-state index is 11.1. The molecule has 0 amide bonds. The molecule has 14 heavy (non-hydrogen) atoms. The van der Waals surface area contributed by atoms with Crippen molar-refractivity contribution in [1.29, 1.82) is 0 Å².